The van der Waals surface area contributed by atoms with Crippen LogP contribution in [0.1, 0.15) is 36.7 Å². The van der Waals surface area contributed by atoms with Gasteiger partial charge >= 0.3 is 0 Å². The van der Waals surface area contributed by atoms with E-state index in [4.69, 9.17) is 0 Å². The standard InChI is InChI=1S/C13H20N4O/c1-3-10-5-4-8-17(9-10)13(18)11-6-7-12(14-2)16-15-11/h6-7,10H,3-5,8-9H2,1-2H3,(H,14,16). The first kappa shape index (κ1) is 12.8. The number of amides is 1. The van der Waals surface area contributed by atoms with E-state index in [2.05, 4.69) is 22.4 Å². The van der Waals surface area contributed by atoms with Crippen LogP contribution in [0.3, 0.4) is 0 Å². The minimum Gasteiger partial charge on any atom is -0.372 e. The summed E-state index contributed by atoms with van der Waals surface area (Å²) in [6.07, 6.45) is 3.45. The van der Waals surface area contributed by atoms with Gasteiger partial charge in [0.05, 0.1) is 0 Å². The van der Waals surface area contributed by atoms with Gasteiger partial charge in [0.25, 0.3) is 5.91 Å². The lowest BCUT2D eigenvalue weighted by Gasteiger charge is -2.31. The van der Waals surface area contributed by atoms with Crippen LogP contribution in [0, 0.1) is 5.92 Å². The van der Waals surface area contributed by atoms with Gasteiger partial charge in [0.1, 0.15) is 5.82 Å². The van der Waals surface area contributed by atoms with Crippen LogP contribution in [-0.4, -0.2) is 41.1 Å². The minimum absolute atomic E-state index is 0.00306. The topological polar surface area (TPSA) is 58.1 Å². The highest BCUT2D eigenvalue weighted by Gasteiger charge is 2.24. The number of likely N-dealkylation sites (tertiary alicyclic amines) is 1. The smallest absolute Gasteiger partial charge is 0.274 e. The number of hydrogen-bond acceptors (Lipinski definition) is 4. The number of anilines is 1. The van der Waals surface area contributed by atoms with Crippen LogP contribution in [0.2, 0.25) is 0 Å². The molecule has 5 nitrogen and oxygen atoms in total. The lowest BCUT2D eigenvalue weighted by molar-refractivity contribution is 0.0664. The first-order chi connectivity index (χ1) is 8.74. The Kier molecular flexibility index (Phi) is 4.12. The third-order valence-corrected chi connectivity index (χ3v) is 3.52. The van der Waals surface area contributed by atoms with Crippen molar-refractivity contribution in [1.82, 2.24) is 15.1 Å². The summed E-state index contributed by atoms with van der Waals surface area (Å²) in [5.41, 5.74) is 0.436. The Morgan fingerprint density at radius 1 is 1.50 bits per heavy atom. The number of carbonyl (C=O) groups is 1. The Morgan fingerprint density at radius 2 is 2.33 bits per heavy atom. The van der Waals surface area contributed by atoms with Crippen molar-refractivity contribution >= 4 is 11.7 Å². The number of nitrogens with zero attached hydrogens (tertiary/aromatic N) is 3. The third-order valence-electron chi connectivity index (χ3n) is 3.52. The Morgan fingerprint density at radius 3 is 2.94 bits per heavy atom. The van der Waals surface area contributed by atoms with Crippen LogP contribution in [0.25, 0.3) is 0 Å². The van der Waals surface area contributed by atoms with E-state index >= 15 is 0 Å². The third kappa shape index (κ3) is 2.78. The molecule has 1 aromatic rings. The molecule has 1 aliphatic rings. The normalized spacial score (nSPS) is 19.7. The summed E-state index contributed by atoms with van der Waals surface area (Å²) in [7, 11) is 1.78. The maximum Gasteiger partial charge on any atom is 0.274 e. The van der Waals surface area contributed by atoms with Crippen molar-refractivity contribution in [3.63, 3.8) is 0 Å². The molecule has 2 rings (SSSR count). The summed E-state index contributed by atoms with van der Waals surface area (Å²) < 4.78 is 0. The lowest BCUT2D eigenvalue weighted by Crippen LogP contribution is -2.40. The van der Waals surface area contributed by atoms with Crippen molar-refractivity contribution in [2.75, 3.05) is 25.5 Å². The molecule has 0 aliphatic carbocycles. The van der Waals surface area contributed by atoms with Crippen LogP contribution in [-0.2, 0) is 0 Å². The average Bonchev–Trinajstić information content (AvgIpc) is 2.46. The van der Waals surface area contributed by atoms with E-state index in [0.717, 1.165) is 25.9 Å². The van der Waals surface area contributed by atoms with Gasteiger partial charge < -0.3 is 10.2 Å². The molecule has 0 saturated carbocycles. The fraction of sp³-hybridized carbons (Fsp3) is 0.615. The van der Waals surface area contributed by atoms with Gasteiger partial charge in [0, 0.05) is 20.1 Å². The molecule has 1 aromatic heterocycles. The van der Waals surface area contributed by atoms with E-state index in [1.165, 1.54) is 6.42 Å². The molecular weight excluding hydrogens is 228 g/mol. The Hall–Kier alpha value is -1.65. The Balaban J connectivity index is 2.05. The maximum atomic E-state index is 12.3. The van der Waals surface area contributed by atoms with Gasteiger partial charge in [0.2, 0.25) is 0 Å². The summed E-state index contributed by atoms with van der Waals surface area (Å²) in [5.74, 6) is 1.31. The maximum absolute atomic E-state index is 12.3. The molecule has 0 aromatic carbocycles. The van der Waals surface area contributed by atoms with Gasteiger partial charge in [-0.3, -0.25) is 4.79 Å². The van der Waals surface area contributed by atoms with Crippen LogP contribution in [0.15, 0.2) is 12.1 Å². The van der Waals surface area contributed by atoms with Gasteiger partial charge in [-0.05, 0) is 30.9 Å². The molecule has 1 saturated heterocycles. The highest BCUT2D eigenvalue weighted by Crippen LogP contribution is 2.20. The zero-order valence-electron chi connectivity index (χ0n) is 11.0. The Labute approximate surface area is 108 Å². The van der Waals surface area contributed by atoms with Crippen molar-refractivity contribution in [2.45, 2.75) is 26.2 Å². The van der Waals surface area contributed by atoms with E-state index < -0.39 is 0 Å². The summed E-state index contributed by atoms with van der Waals surface area (Å²) in [6, 6.07) is 3.51. The first-order valence-electron chi connectivity index (χ1n) is 6.55. The number of aromatic nitrogens is 2. The largest absolute Gasteiger partial charge is 0.372 e. The van der Waals surface area contributed by atoms with Gasteiger partial charge in [0.15, 0.2) is 5.69 Å². The zero-order chi connectivity index (χ0) is 13.0. The summed E-state index contributed by atoms with van der Waals surface area (Å²) >= 11 is 0. The summed E-state index contributed by atoms with van der Waals surface area (Å²) in [5, 5.41) is 10.8. The highest BCUT2D eigenvalue weighted by atomic mass is 16.2. The molecule has 98 valence electrons. The highest BCUT2D eigenvalue weighted by molar-refractivity contribution is 5.92. The lowest BCUT2D eigenvalue weighted by atomic mass is 9.95. The number of carbonyl (C=O) groups excluding carboxylic acids is 1. The number of rotatable bonds is 3. The summed E-state index contributed by atoms with van der Waals surface area (Å²) in [6.45, 7) is 3.87. The van der Waals surface area contributed by atoms with Crippen molar-refractivity contribution < 1.29 is 4.79 Å². The van der Waals surface area contributed by atoms with Gasteiger partial charge in [-0.2, -0.15) is 0 Å². The fourth-order valence-corrected chi connectivity index (χ4v) is 2.32. The van der Waals surface area contributed by atoms with Gasteiger partial charge in [-0.1, -0.05) is 13.3 Å². The summed E-state index contributed by atoms with van der Waals surface area (Å²) in [4.78, 5) is 14.2. The van der Waals surface area contributed by atoms with Crippen molar-refractivity contribution in [3.8, 4) is 0 Å². The zero-order valence-corrected chi connectivity index (χ0v) is 11.0. The molecule has 1 N–H and O–H groups in total. The molecule has 5 heteroatoms. The van der Waals surface area contributed by atoms with E-state index in [9.17, 15) is 4.79 Å². The van der Waals surface area contributed by atoms with E-state index in [0.29, 0.717) is 17.4 Å². The van der Waals surface area contributed by atoms with Gasteiger partial charge in [-0.25, -0.2) is 0 Å². The first-order valence-corrected chi connectivity index (χ1v) is 6.55. The Bertz CT molecular complexity index is 404. The molecule has 0 spiro atoms. The molecule has 1 unspecified atom stereocenters. The van der Waals surface area contributed by atoms with Crippen LogP contribution < -0.4 is 5.32 Å². The van der Waals surface area contributed by atoms with E-state index in [1.807, 2.05) is 4.90 Å². The number of hydrogen-bond donors (Lipinski definition) is 1. The van der Waals surface area contributed by atoms with Crippen molar-refractivity contribution in [1.29, 1.82) is 0 Å². The van der Waals surface area contributed by atoms with Crippen molar-refractivity contribution in [2.24, 2.45) is 5.92 Å². The molecule has 1 fully saturated rings. The molecular formula is C13H20N4O. The second-order valence-corrected chi connectivity index (χ2v) is 4.72. The number of piperidine rings is 1. The molecule has 2 heterocycles. The van der Waals surface area contributed by atoms with E-state index in [-0.39, 0.29) is 5.91 Å². The molecule has 1 atom stereocenters. The number of nitrogens with one attached hydrogen (secondary N) is 1. The average molecular weight is 248 g/mol. The predicted molar refractivity (Wildman–Crippen MR) is 70.5 cm³/mol. The predicted octanol–water partition coefficient (Wildman–Crippen LogP) is 1.78. The molecule has 18 heavy (non-hydrogen) atoms. The molecule has 0 radical (unpaired) electrons. The van der Waals surface area contributed by atoms with Crippen molar-refractivity contribution in [3.05, 3.63) is 17.8 Å². The molecule has 1 amide bonds. The minimum atomic E-state index is 0.00306. The van der Waals surface area contributed by atoms with E-state index in [1.54, 1.807) is 19.2 Å². The van der Waals surface area contributed by atoms with Crippen LogP contribution in [0.4, 0.5) is 5.82 Å². The quantitative estimate of drug-likeness (QED) is 0.886. The molecule has 1 aliphatic heterocycles. The second-order valence-electron chi connectivity index (χ2n) is 4.72. The van der Waals surface area contributed by atoms with Crippen LogP contribution >= 0.6 is 0 Å². The SMILES string of the molecule is CCC1CCCN(C(=O)c2ccc(NC)nn2)C1. The monoisotopic (exact) mass is 248 g/mol. The molecule has 0 bridgehead atoms. The second kappa shape index (κ2) is 5.80. The van der Waals surface area contributed by atoms with Crippen LogP contribution in [0.5, 0.6) is 0 Å². The van der Waals surface area contributed by atoms with Gasteiger partial charge in [-0.15, -0.1) is 10.2 Å². The fourth-order valence-electron chi connectivity index (χ4n) is 2.32.